The predicted molar refractivity (Wildman–Crippen MR) is 114 cm³/mol. The fourth-order valence-corrected chi connectivity index (χ4v) is 4.90. The fourth-order valence-electron chi connectivity index (χ4n) is 3.49. The number of carbonyl (C=O) groups excluding carboxylic acids is 1. The molecule has 1 aliphatic heterocycles. The van der Waals surface area contributed by atoms with Gasteiger partial charge in [-0.3, -0.25) is 4.79 Å². The van der Waals surface area contributed by atoms with Crippen LogP contribution >= 0.6 is 0 Å². The van der Waals surface area contributed by atoms with Gasteiger partial charge in [0.2, 0.25) is 15.9 Å². The molecule has 6 nitrogen and oxygen atoms in total. The van der Waals surface area contributed by atoms with Gasteiger partial charge in [-0.25, -0.2) is 8.42 Å². The summed E-state index contributed by atoms with van der Waals surface area (Å²) in [7, 11) is -3.74. The Morgan fingerprint density at radius 3 is 2.10 bits per heavy atom. The molecule has 1 fully saturated rings. The summed E-state index contributed by atoms with van der Waals surface area (Å²) in [4.78, 5) is 17.2. The molecule has 0 N–H and O–H groups in total. The molecule has 2 aromatic carbocycles. The molecule has 0 unspecified atom stereocenters. The molecule has 0 aromatic heterocycles. The van der Waals surface area contributed by atoms with Crippen LogP contribution in [0.1, 0.15) is 12.5 Å². The average molecular weight is 416 g/mol. The predicted octanol–water partition coefficient (Wildman–Crippen LogP) is 2.08. The Balaban J connectivity index is 1.74. The summed E-state index contributed by atoms with van der Waals surface area (Å²) in [6, 6.07) is 18.1. The lowest BCUT2D eigenvalue weighted by Gasteiger charge is -2.35. The molecule has 7 heteroatoms. The Bertz CT molecular complexity index is 880. The molecule has 1 saturated heterocycles. The highest BCUT2D eigenvalue weighted by atomic mass is 32.2. The maximum Gasteiger partial charge on any atom is 0.243 e. The van der Waals surface area contributed by atoms with E-state index in [1.54, 1.807) is 35.2 Å². The van der Waals surface area contributed by atoms with Gasteiger partial charge in [-0.15, -0.1) is 0 Å². The maximum absolute atomic E-state index is 13.2. The molecule has 1 amide bonds. The van der Waals surface area contributed by atoms with E-state index in [0.717, 1.165) is 25.2 Å². The number of rotatable bonds is 8. The van der Waals surface area contributed by atoms with Gasteiger partial charge in [-0.05, 0) is 30.7 Å². The summed E-state index contributed by atoms with van der Waals surface area (Å²) in [6.07, 6.45) is 0.559. The topological polar surface area (TPSA) is 60.9 Å². The Labute approximate surface area is 173 Å². The monoisotopic (exact) mass is 415 g/mol. The van der Waals surface area contributed by atoms with Crippen LogP contribution in [0.4, 0.5) is 0 Å². The number of nitrogens with zero attached hydrogens (tertiary/aromatic N) is 3. The lowest BCUT2D eigenvalue weighted by molar-refractivity contribution is -0.133. The van der Waals surface area contributed by atoms with E-state index in [0.29, 0.717) is 19.5 Å². The molecular formula is C22H29N3O3S. The summed E-state index contributed by atoms with van der Waals surface area (Å²) >= 11 is 0. The minimum atomic E-state index is -3.74. The smallest absolute Gasteiger partial charge is 0.243 e. The fraction of sp³-hybridized carbons (Fsp3) is 0.409. The molecule has 0 aliphatic carbocycles. The van der Waals surface area contributed by atoms with Crippen LogP contribution in [0.3, 0.4) is 0 Å². The first-order valence-corrected chi connectivity index (χ1v) is 11.5. The summed E-state index contributed by atoms with van der Waals surface area (Å²) in [6.45, 7) is 6.16. The molecule has 156 valence electrons. The Morgan fingerprint density at radius 2 is 1.52 bits per heavy atom. The lowest BCUT2D eigenvalue weighted by Crippen LogP contribution is -2.51. The first-order valence-electron chi connectivity index (χ1n) is 10.1. The Morgan fingerprint density at radius 1 is 0.931 bits per heavy atom. The third kappa shape index (κ3) is 5.65. The van der Waals surface area contributed by atoms with Crippen LogP contribution in [0, 0.1) is 0 Å². The van der Waals surface area contributed by atoms with Gasteiger partial charge in [-0.2, -0.15) is 4.31 Å². The van der Waals surface area contributed by atoms with E-state index in [2.05, 4.69) is 11.8 Å². The van der Waals surface area contributed by atoms with Crippen molar-refractivity contribution in [1.29, 1.82) is 0 Å². The second-order valence-corrected chi connectivity index (χ2v) is 9.14. The van der Waals surface area contributed by atoms with Crippen molar-refractivity contribution in [2.24, 2.45) is 0 Å². The third-order valence-corrected chi connectivity index (χ3v) is 7.22. The van der Waals surface area contributed by atoms with Gasteiger partial charge in [0.05, 0.1) is 11.4 Å². The lowest BCUT2D eigenvalue weighted by atomic mass is 10.1. The molecule has 0 spiro atoms. The number of hydrogen-bond acceptors (Lipinski definition) is 4. The van der Waals surface area contributed by atoms with E-state index in [4.69, 9.17) is 0 Å². The zero-order valence-corrected chi connectivity index (χ0v) is 17.7. The Kier molecular flexibility index (Phi) is 7.41. The van der Waals surface area contributed by atoms with Crippen LogP contribution in [0.25, 0.3) is 0 Å². The maximum atomic E-state index is 13.2. The number of amides is 1. The van der Waals surface area contributed by atoms with Crippen molar-refractivity contribution in [1.82, 2.24) is 14.1 Å². The molecule has 0 saturated carbocycles. The van der Waals surface area contributed by atoms with E-state index in [1.807, 2.05) is 30.3 Å². The minimum absolute atomic E-state index is 0.129. The molecule has 0 atom stereocenters. The summed E-state index contributed by atoms with van der Waals surface area (Å²) in [5, 5.41) is 0. The first kappa shape index (κ1) is 21.5. The van der Waals surface area contributed by atoms with Crippen molar-refractivity contribution in [2.75, 3.05) is 45.8 Å². The van der Waals surface area contributed by atoms with Crippen LogP contribution in [0.15, 0.2) is 65.6 Å². The number of likely N-dealkylation sites (N-methyl/N-ethyl adjacent to an activating group) is 1. The van der Waals surface area contributed by atoms with Gasteiger partial charge in [0.1, 0.15) is 0 Å². The van der Waals surface area contributed by atoms with Gasteiger partial charge >= 0.3 is 0 Å². The number of benzene rings is 2. The van der Waals surface area contributed by atoms with Crippen molar-refractivity contribution in [3.63, 3.8) is 0 Å². The van der Waals surface area contributed by atoms with E-state index in [1.165, 1.54) is 4.31 Å². The van der Waals surface area contributed by atoms with E-state index in [-0.39, 0.29) is 23.9 Å². The van der Waals surface area contributed by atoms with Crippen LogP contribution < -0.4 is 0 Å². The van der Waals surface area contributed by atoms with Crippen LogP contribution in [-0.4, -0.2) is 74.2 Å². The molecule has 1 aliphatic rings. The Hall–Kier alpha value is -2.22. The highest BCUT2D eigenvalue weighted by molar-refractivity contribution is 7.89. The number of hydrogen-bond donors (Lipinski definition) is 0. The van der Waals surface area contributed by atoms with Gasteiger partial charge in [0, 0.05) is 32.7 Å². The number of piperazine rings is 1. The van der Waals surface area contributed by atoms with Gasteiger partial charge in [0.25, 0.3) is 0 Å². The number of carbonyl (C=O) groups is 1. The molecular weight excluding hydrogens is 386 g/mol. The molecule has 29 heavy (non-hydrogen) atoms. The van der Waals surface area contributed by atoms with Crippen LogP contribution in [-0.2, 0) is 21.2 Å². The zero-order valence-electron chi connectivity index (χ0n) is 16.9. The highest BCUT2D eigenvalue weighted by Crippen LogP contribution is 2.17. The van der Waals surface area contributed by atoms with E-state index >= 15 is 0 Å². The van der Waals surface area contributed by atoms with Crippen LogP contribution in [0.2, 0.25) is 0 Å². The summed E-state index contributed by atoms with van der Waals surface area (Å²) in [5.74, 6) is -0.131. The van der Waals surface area contributed by atoms with E-state index in [9.17, 15) is 13.2 Å². The SMILES string of the molecule is CCN1CCN(C(=O)CN(CCc2ccccc2)S(=O)(=O)c2ccccc2)CC1. The first-order chi connectivity index (χ1) is 14.0. The largest absolute Gasteiger partial charge is 0.339 e. The second kappa shape index (κ2) is 10.0. The molecule has 0 radical (unpaired) electrons. The van der Waals surface area contributed by atoms with Crippen molar-refractivity contribution < 1.29 is 13.2 Å². The standard InChI is InChI=1S/C22H29N3O3S/c1-2-23-15-17-24(18-16-23)22(26)19-25(14-13-20-9-5-3-6-10-20)29(27,28)21-11-7-4-8-12-21/h3-12H,2,13-19H2,1H3. The molecule has 0 bridgehead atoms. The van der Waals surface area contributed by atoms with Crippen molar-refractivity contribution in [2.45, 2.75) is 18.2 Å². The third-order valence-electron chi connectivity index (χ3n) is 5.36. The van der Waals surface area contributed by atoms with Gasteiger partial charge in [0.15, 0.2) is 0 Å². The van der Waals surface area contributed by atoms with Crippen LogP contribution in [0.5, 0.6) is 0 Å². The second-order valence-electron chi connectivity index (χ2n) is 7.20. The quantitative estimate of drug-likeness (QED) is 0.662. The van der Waals surface area contributed by atoms with Crippen molar-refractivity contribution >= 4 is 15.9 Å². The minimum Gasteiger partial charge on any atom is -0.339 e. The average Bonchev–Trinajstić information content (AvgIpc) is 2.77. The molecule has 1 heterocycles. The summed E-state index contributed by atoms with van der Waals surface area (Å²) in [5.41, 5.74) is 1.05. The number of sulfonamides is 1. The van der Waals surface area contributed by atoms with E-state index < -0.39 is 10.0 Å². The highest BCUT2D eigenvalue weighted by Gasteiger charge is 2.29. The zero-order chi connectivity index (χ0) is 20.7. The van der Waals surface area contributed by atoms with Crippen molar-refractivity contribution in [3.8, 4) is 0 Å². The normalized spacial score (nSPS) is 15.6. The van der Waals surface area contributed by atoms with Crippen molar-refractivity contribution in [3.05, 3.63) is 66.2 Å². The summed E-state index contributed by atoms with van der Waals surface area (Å²) < 4.78 is 27.8. The molecule has 3 rings (SSSR count). The molecule has 2 aromatic rings. The van der Waals surface area contributed by atoms with Gasteiger partial charge in [-0.1, -0.05) is 55.5 Å². The van der Waals surface area contributed by atoms with Gasteiger partial charge < -0.3 is 9.80 Å².